The molecule has 0 aliphatic heterocycles. The zero-order chi connectivity index (χ0) is 6.41. The van der Waals surface area contributed by atoms with E-state index in [0.29, 0.717) is 6.67 Å². The highest BCUT2D eigenvalue weighted by atomic mass is 14.9. The third-order valence-electron chi connectivity index (χ3n) is 0.973. The van der Waals surface area contributed by atoms with Crippen molar-refractivity contribution in [1.82, 2.24) is 0 Å². The van der Waals surface area contributed by atoms with E-state index in [4.69, 9.17) is 5.73 Å². The normalized spacial score (nSPS) is 12.1. The molecule has 0 amide bonds. The molecule has 0 saturated carbocycles. The number of hydrogen-bond donors (Lipinski definition) is 1. The lowest BCUT2D eigenvalue weighted by atomic mass is 10.2. The number of rotatable bonds is 3. The standard InChI is InChI=1S/C6H14N2/c1-3-4-6(2)8-5-7/h3-5,7H2,1-2H3. The second-order valence-corrected chi connectivity index (χ2v) is 1.83. The summed E-state index contributed by atoms with van der Waals surface area (Å²) in [4.78, 5) is 4.01. The highest BCUT2D eigenvalue weighted by molar-refractivity contribution is 5.81. The van der Waals surface area contributed by atoms with E-state index in [1.54, 1.807) is 0 Å². The van der Waals surface area contributed by atoms with Crippen LogP contribution in [0.2, 0.25) is 0 Å². The third-order valence-corrected chi connectivity index (χ3v) is 0.973. The van der Waals surface area contributed by atoms with Crippen molar-refractivity contribution in [1.29, 1.82) is 0 Å². The van der Waals surface area contributed by atoms with Gasteiger partial charge in [-0.2, -0.15) is 0 Å². The number of aliphatic imine (C=N–C) groups is 1. The van der Waals surface area contributed by atoms with Gasteiger partial charge >= 0.3 is 0 Å². The van der Waals surface area contributed by atoms with Crippen LogP contribution in [0.5, 0.6) is 0 Å². The maximum atomic E-state index is 5.17. The Morgan fingerprint density at radius 2 is 2.25 bits per heavy atom. The first-order valence-corrected chi connectivity index (χ1v) is 3.01. The molecule has 0 heterocycles. The first kappa shape index (κ1) is 7.63. The van der Waals surface area contributed by atoms with Gasteiger partial charge in [-0.15, -0.1) is 0 Å². The zero-order valence-corrected chi connectivity index (χ0v) is 5.65. The van der Waals surface area contributed by atoms with Crippen LogP contribution in [-0.2, 0) is 0 Å². The molecule has 0 aromatic heterocycles. The summed E-state index contributed by atoms with van der Waals surface area (Å²) in [5.74, 6) is 0. The number of hydrogen-bond acceptors (Lipinski definition) is 2. The molecule has 2 heteroatoms. The average molecular weight is 114 g/mol. The van der Waals surface area contributed by atoms with Gasteiger partial charge < -0.3 is 5.73 Å². The van der Waals surface area contributed by atoms with E-state index in [1.165, 1.54) is 0 Å². The molecule has 0 rings (SSSR count). The summed E-state index contributed by atoms with van der Waals surface area (Å²) in [5.41, 5.74) is 6.33. The summed E-state index contributed by atoms with van der Waals surface area (Å²) in [6.45, 7) is 4.58. The van der Waals surface area contributed by atoms with Crippen LogP contribution in [0.15, 0.2) is 4.99 Å². The van der Waals surface area contributed by atoms with E-state index in [9.17, 15) is 0 Å². The molecule has 0 aliphatic carbocycles. The minimum atomic E-state index is 0.436. The Morgan fingerprint density at radius 3 is 2.62 bits per heavy atom. The monoisotopic (exact) mass is 114 g/mol. The Kier molecular flexibility index (Phi) is 4.56. The summed E-state index contributed by atoms with van der Waals surface area (Å²) in [7, 11) is 0. The molecule has 0 radical (unpaired) electrons. The van der Waals surface area contributed by atoms with Crippen LogP contribution in [0, 0.1) is 0 Å². The molecular weight excluding hydrogens is 100 g/mol. The van der Waals surface area contributed by atoms with Crippen molar-refractivity contribution >= 4 is 5.71 Å². The third kappa shape index (κ3) is 3.81. The summed E-state index contributed by atoms with van der Waals surface area (Å²) in [6, 6.07) is 0. The first-order chi connectivity index (χ1) is 3.81. The van der Waals surface area contributed by atoms with E-state index in [1.807, 2.05) is 6.92 Å². The van der Waals surface area contributed by atoms with Crippen molar-refractivity contribution in [3.63, 3.8) is 0 Å². The van der Waals surface area contributed by atoms with Gasteiger partial charge in [0.1, 0.15) is 0 Å². The van der Waals surface area contributed by atoms with Gasteiger partial charge in [-0.1, -0.05) is 13.3 Å². The van der Waals surface area contributed by atoms with Crippen molar-refractivity contribution in [2.75, 3.05) is 6.67 Å². The summed E-state index contributed by atoms with van der Waals surface area (Å²) in [6.07, 6.45) is 2.24. The minimum absolute atomic E-state index is 0.436. The largest absolute Gasteiger partial charge is 0.312 e. The van der Waals surface area contributed by atoms with Gasteiger partial charge in [0, 0.05) is 5.71 Å². The fourth-order valence-electron chi connectivity index (χ4n) is 0.597. The predicted octanol–water partition coefficient (Wildman–Crippen LogP) is 1.16. The topological polar surface area (TPSA) is 38.4 Å². The number of nitrogens with zero attached hydrogens (tertiary/aromatic N) is 1. The van der Waals surface area contributed by atoms with Crippen molar-refractivity contribution < 1.29 is 0 Å². The maximum Gasteiger partial charge on any atom is 0.0858 e. The predicted molar refractivity (Wildman–Crippen MR) is 37.1 cm³/mol. The second-order valence-electron chi connectivity index (χ2n) is 1.83. The van der Waals surface area contributed by atoms with Gasteiger partial charge in [0.25, 0.3) is 0 Å². The molecule has 48 valence electrons. The summed E-state index contributed by atoms with van der Waals surface area (Å²) >= 11 is 0. The van der Waals surface area contributed by atoms with Crippen LogP contribution in [-0.4, -0.2) is 12.4 Å². The molecule has 0 bridgehead atoms. The molecule has 0 fully saturated rings. The Labute approximate surface area is 50.8 Å². The van der Waals surface area contributed by atoms with E-state index < -0.39 is 0 Å². The van der Waals surface area contributed by atoms with Crippen molar-refractivity contribution in [3.8, 4) is 0 Å². The van der Waals surface area contributed by atoms with Crippen LogP contribution >= 0.6 is 0 Å². The van der Waals surface area contributed by atoms with Crippen LogP contribution in [0.25, 0.3) is 0 Å². The summed E-state index contributed by atoms with van der Waals surface area (Å²) in [5, 5.41) is 0. The maximum absolute atomic E-state index is 5.17. The minimum Gasteiger partial charge on any atom is -0.312 e. The molecule has 0 aromatic rings. The van der Waals surface area contributed by atoms with Crippen molar-refractivity contribution in [3.05, 3.63) is 0 Å². The molecule has 8 heavy (non-hydrogen) atoms. The van der Waals surface area contributed by atoms with Gasteiger partial charge in [0.2, 0.25) is 0 Å². The fraction of sp³-hybridized carbons (Fsp3) is 0.833. The Bertz CT molecular complexity index is 76.6. The Hall–Kier alpha value is -0.370. The molecular formula is C6H14N2. The van der Waals surface area contributed by atoms with Crippen LogP contribution in [0.4, 0.5) is 0 Å². The Morgan fingerprint density at radius 1 is 1.62 bits per heavy atom. The quantitative estimate of drug-likeness (QED) is 0.549. The van der Waals surface area contributed by atoms with Crippen LogP contribution in [0.3, 0.4) is 0 Å². The molecule has 2 N–H and O–H groups in total. The van der Waals surface area contributed by atoms with Crippen molar-refractivity contribution in [2.24, 2.45) is 10.7 Å². The first-order valence-electron chi connectivity index (χ1n) is 3.01. The highest BCUT2D eigenvalue weighted by Gasteiger charge is 1.83. The molecule has 0 aliphatic rings. The average Bonchev–Trinajstić information content (AvgIpc) is 1.68. The van der Waals surface area contributed by atoms with Crippen LogP contribution in [0.1, 0.15) is 26.7 Å². The lowest BCUT2D eigenvalue weighted by Gasteiger charge is -1.92. The lowest BCUT2D eigenvalue weighted by Crippen LogP contribution is -1.99. The van der Waals surface area contributed by atoms with E-state index >= 15 is 0 Å². The van der Waals surface area contributed by atoms with Gasteiger partial charge in [-0.05, 0) is 13.3 Å². The van der Waals surface area contributed by atoms with Gasteiger partial charge in [-0.3, -0.25) is 4.99 Å². The lowest BCUT2D eigenvalue weighted by molar-refractivity contribution is 0.962. The molecule has 2 nitrogen and oxygen atoms in total. The van der Waals surface area contributed by atoms with Crippen LogP contribution < -0.4 is 5.73 Å². The SMILES string of the molecule is CCCC(C)=NCN. The smallest absolute Gasteiger partial charge is 0.0858 e. The highest BCUT2D eigenvalue weighted by Crippen LogP contribution is 1.89. The molecule has 0 spiro atoms. The second kappa shape index (κ2) is 4.78. The number of nitrogens with two attached hydrogens (primary N) is 1. The molecule has 0 atom stereocenters. The van der Waals surface area contributed by atoms with E-state index in [0.717, 1.165) is 18.6 Å². The van der Waals surface area contributed by atoms with Crippen molar-refractivity contribution in [2.45, 2.75) is 26.7 Å². The van der Waals surface area contributed by atoms with E-state index in [2.05, 4.69) is 11.9 Å². The molecule has 0 unspecified atom stereocenters. The van der Waals surface area contributed by atoms with E-state index in [-0.39, 0.29) is 0 Å². The van der Waals surface area contributed by atoms with Gasteiger partial charge in [0.15, 0.2) is 0 Å². The Balaban J connectivity index is 3.29. The van der Waals surface area contributed by atoms with Gasteiger partial charge in [-0.25, -0.2) is 0 Å². The molecule has 0 saturated heterocycles. The summed E-state index contributed by atoms with van der Waals surface area (Å²) < 4.78 is 0. The zero-order valence-electron chi connectivity index (χ0n) is 5.65. The fourth-order valence-corrected chi connectivity index (χ4v) is 0.597. The van der Waals surface area contributed by atoms with Gasteiger partial charge in [0.05, 0.1) is 6.67 Å². The molecule has 0 aromatic carbocycles.